The van der Waals surface area contributed by atoms with Crippen LogP contribution < -0.4 is 5.32 Å². The van der Waals surface area contributed by atoms with Gasteiger partial charge in [-0.25, -0.2) is 4.79 Å². The number of amides is 2. The van der Waals surface area contributed by atoms with E-state index < -0.39 is 18.0 Å². The first-order chi connectivity index (χ1) is 14.8. The molecule has 2 aromatic carbocycles. The molecular weight excluding hydrogens is 416 g/mol. The lowest BCUT2D eigenvalue weighted by Gasteiger charge is -2.39. The van der Waals surface area contributed by atoms with Crippen LogP contribution in [0.5, 0.6) is 0 Å². The predicted molar refractivity (Wildman–Crippen MR) is 118 cm³/mol. The number of benzene rings is 2. The van der Waals surface area contributed by atoms with Gasteiger partial charge in [0.2, 0.25) is 5.91 Å². The van der Waals surface area contributed by atoms with Crippen LogP contribution in [0.1, 0.15) is 43.9 Å². The number of halogens is 1. The molecule has 0 bridgehead atoms. The quantitative estimate of drug-likeness (QED) is 0.566. The SMILES string of the molecule is CC(=O)NC1CCN(C(=O)C(=O)OC(C)c2ccccc2)C(Cc2ccc(Cl)cc2)C1. The van der Waals surface area contributed by atoms with Crippen LogP contribution in [0.15, 0.2) is 54.6 Å². The number of nitrogens with zero attached hydrogens (tertiary/aromatic N) is 1. The Bertz CT molecular complexity index is 917. The van der Waals surface area contributed by atoms with Gasteiger partial charge in [-0.1, -0.05) is 54.1 Å². The lowest BCUT2D eigenvalue weighted by atomic mass is 9.92. The van der Waals surface area contributed by atoms with Crippen LogP contribution in [0.4, 0.5) is 0 Å². The van der Waals surface area contributed by atoms with Crippen molar-refractivity contribution in [1.82, 2.24) is 10.2 Å². The average molecular weight is 443 g/mol. The van der Waals surface area contributed by atoms with Gasteiger partial charge < -0.3 is 15.0 Å². The number of carbonyl (C=O) groups excluding carboxylic acids is 3. The topological polar surface area (TPSA) is 75.7 Å². The second-order valence-corrected chi connectivity index (χ2v) is 8.30. The summed E-state index contributed by atoms with van der Waals surface area (Å²) in [7, 11) is 0. The van der Waals surface area contributed by atoms with Gasteiger partial charge in [-0.05, 0) is 49.4 Å². The summed E-state index contributed by atoms with van der Waals surface area (Å²) in [6.07, 6.45) is 1.18. The molecule has 3 unspecified atom stereocenters. The summed E-state index contributed by atoms with van der Waals surface area (Å²) in [5.74, 6) is -1.62. The van der Waals surface area contributed by atoms with Crippen LogP contribution >= 0.6 is 11.6 Å². The monoisotopic (exact) mass is 442 g/mol. The number of likely N-dealkylation sites (tertiary alicyclic amines) is 1. The van der Waals surface area contributed by atoms with Crippen LogP contribution in [0.2, 0.25) is 5.02 Å². The Kier molecular flexibility index (Phi) is 7.69. The van der Waals surface area contributed by atoms with E-state index in [1.54, 1.807) is 24.0 Å². The van der Waals surface area contributed by atoms with Crippen LogP contribution in [0.25, 0.3) is 0 Å². The molecule has 0 aromatic heterocycles. The molecule has 0 spiro atoms. The molecule has 164 valence electrons. The maximum absolute atomic E-state index is 13.0. The van der Waals surface area contributed by atoms with Crippen LogP contribution in [-0.4, -0.2) is 41.3 Å². The summed E-state index contributed by atoms with van der Waals surface area (Å²) >= 11 is 5.98. The highest BCUT2D eigenvalue weighted by atomic mass is 35.5. The number of rotatable bonds is 5. The fraction of sp³-hybridized carbons (Fsp3) is 0.375. The van der Waals surface area contributed by atoms with Crippen molar-refractivity contribution in [1.29, 1.82) is 0 Å². The highest BCUT2D eigenvalue weighted by Crippen LogP contribution is 2.24. The van der Waals surface area contributed by atoms with Crippen molar-refractivity contribution in [2.45, 2.75) is 51.3 Å². The number of piperidine rings is 1. The molecule has 1 saturated heterocycles. The zero-order valence-corrected chi connectivity index (χ0v) is 18.5. The molecule has 3 atom stereocenters. The van der Waals surface area contributed by atoms with E-state index in [9.17, 15) is 14.4 Å². The second-order valence-electron chi connectivity index (χ2n) is 7.86. The number of ether oxygens (including phenoxy) is 1. The van der Waals surface area contributed by atoms with E-state index in [-0.39, 0.29) is 18.0 Å². The van der Waals surface area contributed by atoms with E-state index in [2.05, 4.69) is 5.32 Å². The maximum Gasteiger partial charge on any atom is 0.397 e. The highest BCUT2D eigenvalue weighted by molar-refractivity contribution is 6.32. The van der Waals surface area contributed by atoms with Crippen molar-refractivity contribution < 1.29 is 19.1 Å². The van der Waals surface area contributed by atoms with Crippen molar-refractivity contribution in [2.75, 3.05) is 6.54 Å². The van der Waals surface area contributed by atoms with Gasteiger partial charge in [0.05, 0.1) is 0 Å². The fourth-order valence-electron chi connectivity index (χ4n) is 3.94. The van der Waals surface area contributed by atoms with E-state index in [1.807, 2.05) is 42.5 Å². The third-order valence-corrected chi connectivity index (χ3v) is 5.75. The molecular formula is C24H27ClN2O4. The molecule has 2 amide bonds. The van der Waals surface area contributed by atoms with E-state index in [0.29, 0.717) is 30.8 Å². The molecule has 2 aromatic rings. The van der Waals surface area contributed by atoms with Crippen molar-refractivity contribution in [3.8, 4) is 0 Å². The molecule has 0 radical (unpaired) electrons. The van der Waals surface area contributed by atoms with E-state index in [4.69, 9.17) is 16.3 Å². The Morgan fingerprint density at radius 2 is 1.81 bits per heavy atom. The van der Waals surface area contributed by atoms with Gasteiger partial charge in [-0.2, -0.15) is 0 Å². The minimum Gasteiger partial charge on any atom is -0.451 e. The number of nitrogens with one attached hydrogen (secondary N) is 1. The molecule has 0 saturated carbocycles. The van der Waals surface area contributed by atoms with Gasteiger partial charge in [-0.15, -0.1) is 0 Å². The lowest BCUT2D eigenvalue weighted by molar-refractivity contribution is -0.165. The van der Waals surface area contributed by atoms with Gasteiger partial charge in [0.1, 0.15) is 6.10 Å². The first kappa shape index (κ1) is 22.8. The molecule has 6 nitrogen and oxygen atoms in total. The zero-order valence-electron chi connectivity index (χ0n) is 17.7. The molecule has 31 heavy (non-hydrogen) atoms. The number of hydrogen-bond acceptors (Lipinski definition) is 4. The van der Waals surface area contributed by atoms with Crippen molar-refractivity contribution in [3.05, 3.63) is 70.7 Å². The molecule has 1 fully saturated rings. The van der Waals surface area contributed by atoms with Crippen LogP contribution in [-0.2, 0) is 25.5 Å². The fourth-order valence-corrected chi connectivity index (χ4v) is 4.07. The maximum atomic E-state index is 13.0. The Balaban J connectivity index is 1.72. The normalized spacial score (nSPS) is 19.4. The molecule has 1 heterocycles. The Morgan fingerprint density at radius 3 is 2.45 bits per heavy atom. The number of carbonyl (C=O) groups is 3. The molecule has 3 rings (SSSR count). The Hall–Kier alpha value is -2.86. The van der Waals surface area contributed by atoms with E-state index in [0.717, 1.165) is 11.1 Å². The smallest absolute Gasteiger partial charge is 0.397 e. The summed E-state index contributed by atoms with van der Waals surface area (Å²) in [6, 6.07) is 16.4. The minimum absolute atomic E-state index is 0.0434. The van der Waals surface area contributed by atoms with Crippen molar-refractivity contribution in [3.63, 3.8) is 0 Å². The molecule has 1 N–H and O–H groups in total. The average Bonchev–Trinajstić information content (AvgIpc) is 2.75. The zero-order chi connectivity index (χ0) is 22.4. The number of esters is 1. The van der Waals surface area contributed by atoms with Gasteiger partial charge in [0.15, 0.2) is 0 Å². The Morgan fingerprint density at radius 1 is 1.13 bits per heavy atom. The summed E-state index contributed by atoms with van der Waals surface area (Å²) in [6.45, 7) is 3.60. The third kappa shape index (κ3) is 6.31. The summed E-state index contributed by atoms with van der Waals surface area (Å²) in [5.41, 5.74) is 1.83. The number of hydrogen-bond donors (Lipinski definition) is 1. The third-order valence-electron chi connectivity index (χ3n) is 5.50. The van der Waals surface area contributed by atoms with Crippen molar-refractivity contribution >= 4 is 29.4 Å². The van der Waals surface area contributed by atoms with Gasteiger partial charge >= 0.3 is 11.9 Å². The molecule has 0 aliphatic carbocycles. The highest BCUT2D eigenvalue weighted by Gasteiger charge is 2.36. The lowest BCUT2D eigenvalue weighted by Crippen LogP contribution is -2.54. The minimum atomic E-state index is -0.865. The van der Waals surface area contributed by atoms with E-state index >= 15 is 0 Å². The molecule has 1 aliphatic rings. The largest absolute Gasteiger partial charge is 0.451 e. The first-order valence-corrected chi connectivity index (χ1v) is 10.8. The predicted octanol–water partition coefficient (Wildman–Crippen LogP) is 3.68. The van der Waals surface area contributed by atoms with Crippen molar-refractivity contribution in [2.24, 2.45) is 0 Å². The van der Waals surface area contributed by atoms with Crippen LogP contribution in [0, 0.1) is 0 Å². The van der Waals surface area contributed by atoms with Gasteiger partial charge in [0, 0.05) is 30.6 Å². The summed E-state index contributed by atoms with van der Waals surface area (Å²) in [4.78, 5) is 38.7. The Labute approximate surface area is 187 Å². The molecule has 1 aliphatic heterocycles. The summed E-state index contributed by atoms with van der Waals surface area (Å²) in [5, 5.41) is 3.57. The first-order valence-electron chi connectivity index (χ1n) is 10.4. The standard InChI is InChI=1S/C24H27ClN2O4/c1-16(19-6-4-3-5-7-19)31-24(30)23(29)27-13-12-21(26-17(2)28)15-22(27)14-18-8-10-20(25)11-9-18/h3-11,16,21-22H,12-15H2,1-2H3,(H,26,28). The summed E-state index contributed by atoms with van der Waals surface area (Å²) < 4.78 is 5.44. The van der Waals surface area contributed by atoms with Gasteiger partial charge in [0.25, 0.3) is 0 Å². The van der Waals surface area contributed by atoms with Crippen LogP contribution in [0.3, 0.4) is 0 Å². The van der Waals surface area contributed by atoms with E-state index in [1.165, 1.54) is 6.92 Å². The second kappa shape index (κ2) is 10.4. The van der Waals surface area contributed by atoms with Gasteiger partial charge in [-0.3, -0.25) is 9.59 Å². The molecule has 7 heteroatoms.